The van der Waals surface area contributed by atoms with Crippen molar-refractivity contribution in [3.63, 3.8) is 0 Å². The molecule has 1 aliphatic rings. The van der Waals surface area contributed by atoms with Gasteiger partial charge in [-0.15, -0.1) is 0 Å². The average molecular weight is 396 g/mol. The van der Waals surface area contributed by atoms with Gasteiger partial charge in [-0.2, -0.15) is 0 Å². The van der Waals surface area contributed by atoms with E-state index in [9.17, 15) is 19.2 Å². The van der Waals surface area contributed by atoms with Crippen LogP contribution in [0, 0.1) is 0 Å². The molecule has 0 radical (unpaired) electrons. The van der Waals surface area contributed by atoms with E-state index in [-0.39, 0.29) is 43.4 Å². The molecule has 0 atom stereocenters. The molecule has 0 spiro atoms. The fourth-order valence-electron chi connectivity index (χ4n) is 2.78. The third-order valence-corrected chi connectivity index (χ3v) is 4.16. The molecule has 29 heavy (non-hydrogen) atoms. The molecule has 1 aliphatic heterocycles. The van der Waals surface area contributed by atoms with Crippen molar-refractivity contribution < 1.29 is 28.7 Å². The molecular weight excluding hydrogens is 376 g/mol. The van der Waals surface area contributed by atoms with Crippen molar-refractivity contribution in [2.45, 2.75) is 12.8 Å². The van der Waals surface area contributed by atoms with Crippen LogP contribution in [0.25, 0.3) is 0 Å². The van der Waals surface area contributed by atoms with Crippen LogP contribution < -0.4 is 15.0 Å². The summed E-state index contributed by atoms with van der Waals surface area (Å²) in [6.07, 6.45) is 0.309. The van der Waals surface area contributed by atoms with Crippen LogP contribution in [0.15, 0.2) is 54.6 Å². The second-order valence-electron chi connectivity index (χ2n) is 6.26. The third-order valence-electron chi connectivity index (χ3n) is 4.16. The molecule has 150 valence electrons. The van der Waals surface area contributed by atoms with Crippen molar-refractivity contribution in [3.05, 3.63) is 60.2 Å². The molecule has 0 unspecified atom stereocenters. The molecule has 0 saturated carbocycles. The first kappa shape index (κ1) is 20.1. The Kier molecular flexibility index (Phi) is 6.57. The highest BCUT2D eigenvalue weighted by Crippen LogP contribution is 2.23. The van der Waals surface area contributed by atoms with Gasteiger partial charge in [-0.3, -0.25) is 19.3 Å². The Labute approximate surface area is 167 Å². The Hall–Kier alpha value is -3.68. The zero-order chi connectivity index (χ0) is 20.6. The van der Waals surface area contributed by atoms with Crippen molar-refractivity contribution >= 4 is 29.4 Å². The molecule has 8 heteroatoms. The van der Waals surface area contributed by atoms with Crippen LogP contribution in [0.2, 0.25) is 0 Å². The number of rotatable bonds is 8. The molecule has 2 aromatic rings. The smallest absolute Gasteiger partial charge is 0.338 e. The summed E-state index contributed by atoms with van der Waals surface area (Å²) in [5, 5.41) is 2.59. The number of carbonyl (C=O) groups is 4. The summed E-state index contributed by atoms with van der Waals surface area (Å²) in [4.78, 5) is 48.7. The first-order valence-electron chi connectivity index (χ1n) is 9.12. The normalized spacial score (nSPS) is 13.3. The number of nitrogens with one attached hydrogen (secondary N) is 1. The van der Waals surface area contributed by atoms with Gasteiger partial charge in [0.1, 0.15) is 12.4 Å². The van der Waals surface area contributed by atoms with Gasteiger partial charge in [0.15, 0.2) is 6.61 Å². The largest absolute Gasteiger partial charge is 0.492 e. The maximum atomic E-state index is 12.2. The number of hydrogen-bond acceptors (Lipinski definition) is 6. The van der Waals surface area contributed by atoms with E-state index in [2.05, 4.69) is 5.32 Å². The number of esters is 1. The van der Waals surface area contributed by atoms with E-state index in [4.69, 9.17) is 9.47 Å². The van der Waals surface area contributed by atoms with Crippen LogP contribution in [-0.4, -0.2) is 43.4 Å². The summed E-state index contributed by atoms with van der Waals surface area (Å²) in [6, 6.07) is 15.2. The van der Waals surface area contributed by atoms with Crippen molar-refractivity contribution in [1.82, 2.24) is 5.32 Å². The number of imide groups is 1. The van der Waals surface area contributed by atoms with Crippen LogP contribution in [0.3, 0.4) is 0 Å². The first-order chi connectivity index (χ1) is 14.0. The molecule has 3 rings (SSSR count). The lowest BCUT2D eigenvalue weighted by molar-refractivity contribution is -0.124. The van der Waals surface area contributed by atoms with Gasteiger partial charge in [0.2, 0.25) is 11.8 Å². The molecule has 2 aromatic carbocycles. The molecule has 0 bridgehead atoms. The van der Waals surface area contributed by atoms with E-state index in [0.717, 1.165) is 4.90 Å². The first-order valence-corrected chi connectivity index (χ1v) is 9.12. The van der Waals surface area contributed by atoms with Crippen LogP contribution in [-0.2, 0) is 19.1 Å². The predicted molar refractivity (Wildman–Crippen MR) is 103 cm³/mol. The number of anilines is 1. The maximum Gasteiger partial charge on any atom is 0.338 e. The van der Waals surface area contributed by atoms with E-state index in [1.54, 1.807) is 24.3 Å². The Morgan fingerprint density at radius 1 is 0.966 bits per heavy atom. The molecular formula is C21H20N2O6. The van der Waals surface area contributed by atoms with Gasteiger partial charge in [-0.05, 0) is 30.3 Å². The number of amides is 3. The standard InChI is InChI=1S/C21H20N2O6/c24-18(22-11-12-28-17-7-2-1-3-8-17)14-29-21(27)15-5-4-6-16(13-15)23-19(25)9-10-20(23)26/h1-8,13H,9-12,14H2,(H,22,24). The number of ether oxygens (including phenoxy) is 2. The fourth-order valence-corrected chi connectivity index (χ4v) is 2.78. The molecule has 1 saturated heterocycles. The van der Waals surface area contributed by atoms with Gasteiger partial charge in [-0.25, -0.2) is 4.79 Å². The quantitative estimate of drug-likeness (QED) is 0.414. The summed E-state index contributed by atoms with van der Waals surface area (Å²) < 4.78 is 10.4. The number of para-hydroxylation sites is 1. The summed E-state index contributed by atoms with van der Waals surface area (Å²) in [5.74, 6) is -1.10. The minimum Gasteiger partial charge on any atom is -0.492 e. The highest BCUT2D eigenvalue weighted by Gasteiger charge is 2.30. The molecule has 1 fully saturated rings. The summed E-state index contributed by atoms with van der Waals surface area (Å²) in [6.45, 7) is 0.0968. The summed E-state index contributed by atoms with van der Waals surface area (Å²) >= 11 is 0. The van der Waals surface area contributed by atoms with E-state index in [0.29, 0.717) is 11.4 Å². The Balaban J connectivity index is 1.44. The van der Waals surface area contributed by atoms with Gasteiger partial charge in [0, 0.05) is 12.8 Å². The van der Waals surface area contributed by atoms with E-state index in [1.165, 1.54) is 12.1 Å². The molecule has 0 aliphatic carbocycles. The topological polar surface area (TPSA) is 102 Å². The minimum absolute atomic E-state index is 0.148. The van der Waals surface area contributed by atoms with Crippen LogP contribution >= 0.6 is 0 Å². The lowest BCUT2D eigenvalue weighted by atomic mass is 10.2. The molecule has 1 N–H and O–H groups in total. The molecule has 3 amide bonds. The van der Waals surface area contributed by atoms with Crippen molar-refractivity contribution in [3.8, 4) is 5.75 Å². The number of carbonyl (C=O) groups excluding carboxylic acids is 4. The Bertz CT molecular complexity index is 896. The Morgan fingerprint density at radius 2 is 1.69 bits per heavy atom. The number of hydrogen-bond donors (Lipinski definition) is 1. The van der Waals surface area contributed by atoms with Gasteiger partial charge < -0.3 is 14.8 Å². The van der Waals surface area contributed by atoms with Crippen LogP contribution in [0.5, 0.6) is 5.75 Å². The van der Waals surface area contributed by atoms with Crippen LogP contribution in [0.4, 0.5) is 5.69 Å². The van der Waals surface area contributed by atoms with Crippen LogP contribution in [0.1, 0.15) is 23.2 Å². The van der Waals surface area contributed by atoms with Gasteiger partial charge in [-0.1, -0.05) is 24.3 Å². The number of nitrogens with zero attached hydrogens (tertiary/aromatic N) is 1. The van der Waals surface area contributed by atoms with Crippen molar-refractivity contribution in [2.24, 2.45) is 0 Å². The van der Waals surface area contributed by atoms with Gasteiger partial charge in [0.05, 0.1) is 17.8 Å². The maximum absolute atomic E-state index is 12.2. The second-order valence-corrected chi connectivity index (χ2v) is 6.26. The number of benzene rings is 2. The minimum atomic E-state index is -0.721. The zero-order valence-electron chi connectivity index (χ0n) is 15.6. The van der Waals surface area contributed by atoms with Gasteiger partial charge >= 0.3 is 5.97 Å². The lowest BCUT2D eigenvalue weighted by Crippen LogP contribution is -2.32. The predicted octanol–water partition coefficient (Wildman–Crippen LogP) is 1.69. The van der Waals surface area contributed by atoms with E-state index < -0.39 is 18.5 Å². The van der Waals surface area contributed by atoms with Crippen molar-refractivity contribution in [2.75, 3.05) is 24.7 Å². The SMILES string of the molecule is O=C(COC(=O)c1cccc(N2C(=O)CCC2=O)c1)NCCOc1ccccc1. The Morgan fingerprint density at radius 3 is 2.41 bits per heavy atom. The zero-order valence-corrected chi connectivity index (χ0v) is 15.6. The lowest BCUT2D eigenvalue weighted by Gasteiger charge is -2.14. The highest BCUT2D eigenvalue weighted by molar-refractivity contribution is 6.20. The van der Waals surface area contributed by atoms with E-state index in [1.807, 2.05) is 18.2 Å². The van der Waals surface area contributed by atoms with E-state index >= 15 is 0 Å². The van der Waals surface area contributed by atoms with Crippen molar-refractivity contribution in [1.29, 1.82) is 0 Å². The highest BCUT2D eigenvalue weighted by atomic mass is 16.5. The molecule has 0 aromatic heterocycles. The molecule has 1 heterocycles. The molecule has 8 nitrogen and oxygen atoms in total. The second kappa shape index (κ2) is 9.50. The summed E-state index contributed by atoms with van der Waals surface area (Å²) in [7, 11) is 0. The monoisotopic (exact) mass is 396 g/mol. The fraction of sp³-hybridized carbons (Fsp3) is 0.238. The average Bonchev–Trinajstić information content (AvgIpc) is 3.08. The third kappa shape index (κ3) is 5.41. The van der Waals surface area contributed by atoms with Gasteiger partial charge in [0.25, 0.3) is 5.91 Å². The summed E-state index contributed by atoms with van der Waals surface area (Å²) in [5.41, 5.74) is 0.463.